The van der Waals surface area contributed by atoms with Crippen LogP contribution in [-0.2, 0) is 4.79 Å². The van der Waals surface area contributed by atoms with E-state index in [1.165, 1.54) is 12.1 Å². The van der Waals surface area contributed by atoms with Crippen LogP contribution in [0.1, 0.15) is 30.1 Å². The molecular weight excluding hydrogens is 322 g/mol. The highest BCUT2D eigenvalue weighted by atomic mass is 32.1. The van der Waals surface area contributed by atoms with Crippen molar-refractivity contribution in [3.05, 3.63) is 46.1 Å². The van der Waals surface area contributed by atoms with E-state index in [0.29, 0.717) is 6.42 Å². The van der Waals surface area contributed by atoms with Gasteiger partial charge in [0.15, 0.2) is 5.13 Å². The van der Waals surface area contributed by atoms with Crippen molar-refractivity contribution in [2.75, 3.05) is 5.32 Å². The normalized spacial score (nSPS) is 10.1. The van der Waals surface area contributed by atoms with Crippen LogP contribution in [-0.4, -0.2) is 21.8 Å². The van der Waals surface area contributed by atoms with E-state index in [-0.39, 0.29) is 27.9 Å². The van der Waals surface area contributed by atoms with Crippen molar-refractivity contribution in [1.29, 1.82) is 0 Å². The number of carbonyl (C=O) groups excluding carboxylic acids is 2. The molecule has 0 saturated carbocycles. The molecule has 0 radical (unpaired) electrons. The topological polar surface area (TPSA) is 111 Å². The van der Waals surface area contributed by atoms with Gasteiger partial charge >= 0.3 is 11.0 Å². The molecule has 9 heteroatoms. The van der Waals surface area contributed by atoms with E-state index in [0.717, 1.165) is 17.5 Å². The number of carbonyl (C=O) groups is 2. The summed E-state index contributed by atoms with van der Waals surface area (Å²) in [5.74, 6) is -0.860. The Morgan fingerprint density at radius 3 is 2.78 bits per heavy atom. The fraction of sp³-hybridized carbons (Fsp3) is 0.214. The van der Waals surface area contributed by atoms with Crippen molar-refractivity contribution in [2.24, 2.45) is 0 Å². The maximum atomic E-state index is 12.2. The van der Waals surface area contributed by atoms with E-state index in [1.54, 1.807) is 12.1 Å². The summed E-state index contributed by atoms with van der Waals surface area (Å²) in [7, 11) is 0. The number of nitrogens with zero attached hydrogens (tertiary/aromatic N) is 2. The molecule has 1 N–H and O–H groups in total. The monoisotopic (exact) mass is 335 g/mol. The van der Waals surface area contributed by atoms with Gasteiger partial charge in [-0.15, -0.1) is 0 Å². The number of thiazole rings is 1. The van der Waals surface area contributed by atoms with Gasteiger partial charge < -0.3 is 4.74 Å². The van der Waals surface area contributed by atoms with E-state index in [1.807, 2.05) is 6.92 Å². The molecule has 120 valence electrons. The lowest BCUT2D eigenvalue weighted by atomic mass is 10.2. The zero-order chi connectivity index (χ0) is 16.8. The molecule has 0 saturated heterocycles. The second-order valence-corrected chi connectivity index (χ2v) is 5.44. The smallest absolute Gasteiger partial charge is 0.345 e. The third-order valence-corrected chi connectivity index (χ3v) is 3.57. The quantitative estimate of drug-likeness (QED) is 0.376. The Morgan fingerprint density at radius 2 is 2.13 bits per heavy atom. The molecule has 8 nitrogen and oxygen atoms in total. The van der Waals surface area contributed by atoms with Gasteiger partial charge in [0.25, 0.3) is 5.91 Å². The van der Waals surface area contributed by atoms with E-state index in [2.05, 4.69) is 10.3 Å². The molecule has 0 aliphatic heterocycles. The summed E-state index contributed by atoms with van der Waals surface area (Å²) in [6.07, 6.45) is 1.94. The first-order chi connectivity index (χ1) is 11.0. The average molecular weight is 335 g/mol. The van der Waals surface area contributed by atoms with Crippen LogP contribution < -0.4 is 10.1 Å². The Bertz CT molecular complexity index is 744. The first-order valence-corrected chi connectivity index (χ1v) is 7.54. The van der Waals surface area contributed by atoms with Gasteiger partial charge in [-0.25, -0.2) is 4.98 Å². The third kappa shape index (κ3) is 4.33. The molecule has 0 aliphatic carbocycles. The van der Waals surface area contributed by atoms with Crippen LogP contribution in [0.4, 0.5) is 10.1 Å². The molecule has 1 heterocycles. The van der Waals surface area contributed by atoms with Gasteiger partial charge in [0.1, 0.15) is 11.9 Å². The van der Waals surface area contributed by atoms with Crippen LogP contribution in [0.15, 0.2) is 30.5 Å². The van der Waals surface area contributed by atoms with Crippen molar-refractivity contribution >= 4 is 33.3 Å². The highest BCUT2D eigenvalue weighted by Crippen LogP contribution is 2.26. The average Bonchev–Trinajstić information content (AvgIpc) is 2.96. The predicted molar refractivity (Wildman–Crippen MR) is 83.7 cm³/mol. The summed E-state index contributed by atoms with van der Waals surface area (Å²) in [6.45, 7) is 1.84. The molecule has 23 heavy (non-hydrogen) atoms. The van der Waals surface area contributed by atoms with Gasteiger partial charge in [-0.3, -0.25) is 25.0 Å². The fourth-order valence-electron chi connectivity index (χ4n) is 1.69. The van der Waals surface area contributed by atoms with Crippen LogP contribution in [0.2, 0.25) is 0 Å². The van der Waals surface area contributed by atoms with Gasteiger partial charge in [0.05, 0.1) is 10.5 Å². The third-order valence-electron chi connectivity index (χ3n) is 2.70. The predicted octanol–water partition coefficient (Wildman–Crippen LogP) is 3.01. The number of hydrogen-bond donors (Lipinski definition) is 1. The number of amides is 1. The maximum absolute atomic E-state index is 12.2. The summed E-state index contributed by atoms with van der Waals surface area (Å²) < 4.78 is 5.16. The molecule has 1 aromatic carbocycles. The number of nitro groups is 1. The summed E-state index contributed by atoms with van der Waals surface area (Å²) in [5.41, 5.74) is 0.148. The molecule has 0 unspecified atom stereocenters. The number of hydrogen-bond acceptors (Lipinski definition) is 7. The van der Waals surface area contributed by atoms with Gasteiger partial charge in [-0.05, 0) is 29.9 Å². The number of anilines is 1. The Balaban J connectivity index is 2.15. The molecule has 1 amide bonds. The summed E-state index contributed by atoms with van der Waals surface area (Å²) >= 11 is 0.742. The molecule has 0 fully saturated rings. The molecule has 2 aromatic rings. The number of benzene rings is 1. The maximum Gasteiger partial charge on any atom is 0.345 e. The Kier molecular flexibility index (Phi) is 5.36. The van der Waals surface area contributed by atoms with Gasteiger partial charge in [-0.2, -0.15) is 0 Å². The van der Waals surface area contributed by atoms with Gasteiger partial charge in [0.2, 0.25) is 0 Å². The lowest BCUT2D eigenvalue weighted by Crippen LogP contribution is -2.15. The summed E-state index contributed by atoms with van der Waals surface area (Å²) in [4.78, 5) is 37.6. The summed E-state index contributed by atoms with van der Waals surface area (Å²) in [6, 6.07) is 6.26. The van der Waals surface area contributed by atoms with E-state index >= 15 is 0 Å². The second-order valence-electron chi connectivity index (χ2n) is 4.44. The highest BCUT2D eigenvalue weighted by molar-refractivity contribution is 7.18. The van der Waals surface area contributed by atoms with Crippen molar-refractivity contribution in [1.82, 2.24) is 4.98 Å². The highest BCUT2D eigenvalue weighted by Gasteiger charge is 2.18. The summed E-state index contributed by atoms with van der Waals surface area (Å²) in [5, 5.41) is 13.0. The SMILES string of the molecule is CCCC(=O)Oc1ccccc1C(=O)Nc1ncc([N+](=O)[O-])s1. The van der Waals surface area contributed by atoms with Crippen molar-refractivity contribution < 1.29 is 19.2 Å². The number of ether oxygens (including phenoxy) is 1. The Morgan fingerprint density at radius 1 is 1.39 bits per heavy atom. The fourth-order valence-corrected chi connectivity index (χ4v) is 2.32. The molecular formula is C14H13N3O5S. The molecule has 2 rings (SSSR count). The molecule has 0 spiro atoms. The molecule has 0 aliphatic rings. The molecule has 0 bridgehead atoms. The Labute approximate surface area is 135 Å². The number of esters is 1. The van der Waals surface area contributed by atoms with Crippen LogP contribution in [0.25, 0.3) is 0 Å². The molecule has 1 aromatic heterocycles. The number of rotatable bonds is 6. The number of nitrogens with one attached hydrogen (secondary N) is 1. The van der Waals surface area contributed by atoms with Crippen LogP contribution in [0.3, 0.4) is 0 Å². The standard InChI is InChI=1S/C14H13N3O5S/c1-2-5-12(18)22-10-7-4-3-6-9(10)13(19)16-14-15-8-11(23-14)17(20)21/h3-4,6-8H,2,5H2,1H3,(H,15,16,19). The van der Waals surface area contributed by atoms with Crippen molar-refractivity contribution in [3.63, 3.8) is 0 Å². The second kappa shape index (κ2) is 7.45. The lowest BCUT2D eigenvalue weighted by Gasteiger charge is -2.08. The minimum atomic E-state index is -0.589. The minimum absolute atomic E-state index is 0.0939. The lowest BCUT2D eigenvalue weighted by molar-refractivity contribution is -0.380. The van der Waals surface area contributed by atoms with Crippen LogP contribution in [0, 0.1) is 10.1 Å². The van der Waals surface area contributed by atoms with E-state index in [4.69, 9.17) is 4.74 Å². The van der Waals surface area contributed by atoms with Crippen LogP contribution in [0.5, 0.6) is 5.75 Å². The van der Waals surface area contributed by atoms with Gasteiger partial charge in [-0.1, -0.05) is 19.1 Å². The number of para-hydroxylation sites is 1. The zero-order valence-corrected chi connectivity index (χ0v) is 13.0. The van der Waals surface area contributed by atoms with Crippen LogP contribution >= 0.6 is 11.3 Å². The zero-order valence-electron chi connectivity index (χ0n) is 12.1. The van der Waals surface area contributed by atoms with Gasteiger partial charge in [0, 0.05) is 6.42 Å². The minimum Gasteiger partial charge on any atom is -0.426 e. The van der Waals surface area contributed by atoms with Crippen molar-refractivity contribution in [3.8, 4) is 5.75 Å². The Hall–Kier alpha value is -2.81. The first-order valence-electron chi connectivity index (χ1n) is 6.72. The molecule has 0 atom stereocenters. The van der Waals surface area contributed by atoms with E-state index in [9.17, 15) is 19.7 Å². The number of aromatic nitrogens is 1. The van der Waals surface area contributed by atoms with E-state index < -0.39 is 16.8 Å². The largest absolute Gasteiger partial charge is 0.426 e. The first kappa shape index (κ1) is 16.6. The van der Waals surface area contributed by atoms with Crippen molar-refractivity contribution in [2.45, 2.75) is 19.8 Å².